The molecule has 24 heavy (non-hydrogen) atoms. The summed E-state index contributed by atoms with van der Waals surface area (Å²) < 4.78 is 7.77. The lowest BCUT2D eigenvalue weighted by molar-refractivity contribution is -0.101. The Balaban J connectivity index is 1.65. The second-order valence-electron chi connectivity index (χ2n) is 7.70. The van der Waals surface area contributed by atoms with Crippen LogP contribution in [-0.4, -0.2) is 45.5 Å². The molecule has 128 valence electrons. The van der Waals surface area contributed by atoms with Crippen molar-refractivity contribution < 1.29 is 4.74 Å². The molecule has 2 aliphatic rings. The fraction of sp³-hybridized carbons (Fsp3) is 0.611. The number of fused-ring (bicyclic) bond motifs is 1. The molecule has 6 nitrogen and oxygen atoms in total. The zero-order chi connectivity index (χ0) is 17.1. The Morgan fingerprint density at radius 1 is 1.29 bits per heavy atom. The highest BCUT2D eigenvalue weighted by molar-refractivity contribution is 5.43. The Morgan fingerprint density at radius 3 is 2.79 bits per heavy atom. The molecule has 0 amide bonds. The van der Waals surface area contributed by atoms with Gasteiger partial charge in [0.25, 0.3) is 0 Å². The minimum Gasteiger partial charge on any atom is -0.377 e. The maximum absolute atomic E-state index is 5.92. The monoisotopic (exact) mass is 327 g/mol. The van der Waals surface area contributed by atoms with Gasteiger partial charge in [0.2, 0.25) is 0 Å². The summed E-state index contributed by atoms with van der Waals surface area (Å²) in [6, 6.07) is 2.48. The highest BCUT2D eigenvalue weighted by Crippen LogP contribution is 2.54. The molecule has 4 rings (SSSR count). The van der Waals surface area contributed by atoms with Crippen LogP contribution in [0.15, 0.2) is 18.5 Å². The minimum atomic E-state index is 0.131. The van der Waals surface area contributed by atoms with Crippen molar-refractivity contribution >= 4 is 5.82 Å². The van der Waals surface area contributed by atoms with Crippen LogP contribution in [0.3, 0.4) is 0 Å². The van der Waals surface area contributed by atoms with Crippen LogP contribution in [0, 0.1) is 25.2 Å². The molecule has 1 aliphatic heterocycles. The van der Waals surface area contributed by atoms with Crippen molar-refractivity contribution in [3.63, 3.8) is 0 Å². The molecule has 0 aromatic carbocycles. The van der Waals surface area contributed by atoms with E-state index in [0.29, 0.717) is 18.1 Å². The smallest absolute Gasteiger partial charge is 0.174 e. The molecule has 2 aromatic heterocycles. The number of nitrogens with zero attached hydrogens (tertiary/aromatic N) is 5. The fourth-order valence-electron chi connectivity index (χ4n) is 4.70. The molecule has 0 N–H and O–H groups in total. The molecular formula is C18H25N5O. The van der Waals surface area contributed by atoms with Crippen LogP contribution in [0.1, 0.15) is 31.7 Å². The van der Waals surface area contributed by atoms with E-state index in [0.717, 1.165) is 36.1 Å². The summed E-state index contributed by atoms with van der Waals surface area (Å²) in [5.74, 6) is 2.24. The zero-order valence-corrected chi connectivity index (χ0v) is 15.0. The molecule has 1 saturated heterocycles. The van der Waals surface area contributed by atoms with Crippen LogP contribution in [0.2, 0.25) is 0 Å². The maximum Gasteiger partial charge on any atom is 0.174 e. The van der Waals surface area contributed by atoms with Gasteiger partial charge in [0, 0.05) is 36.7 Å². The van der Waals surface area contributed by atoms with Crippen molar-refractivity contribution in [3.8, 4) is 5.82 Å². The summed E-state index contributed by atoms with van der Waals surface area (Å²) in [6.45, 7) is 9.48. The van der Waals surface area contributed by atoms with Gasteiger partial charge in [-0.2, -0.15) is 5.10 Å². The largest absolute Gasteiger partial charge is 0.377 e. The highest BCUT2D eigenvalue weighted by Gasteiger charge is 2.61. The predicted molar refractivity (Wildman–Crippen MR) is 92.4 cm³/mol. The van der Waals surface area contributed by atoms with E-state index >= 15 is 0 Å². The third-order valence-electron chi connectivity index (χ3n) is 5.65. The van der Waals surface area contributed by atoms with E-state index in [1.54, 1.807) is 6.20 Å². The summed E-state index contributed by atoms with van der Waals surface area (Å²) in [6.07, 6.45) is 5.11. The van der Waals surface area contributed by atoms with E-state index in [-0.39, 0.29) is 5.41 Å². The van der Waals surface area contributed by atoms with E-state index in [9.17, 15) is 0 Å². The summed E-state index contributed by atoms with van der Waals surface area (Å²) in [5, 5.41) is 4.52. The highest BCUT2D eigenvalue weighted by atomic mass is 16.5. The lowest BCUT2D eigenvalue weighted by Crippen LogP contribution is -2.66. The SMILES string of the molecule is Cc1cc(C)n(-c2cncc(N(C)C3C4CCOC4C3(C)C)n2)n1. The van der Waals surface area contributed by atoms with Gasteiger partial charge in [-0.05, 0) is 26.3 Å². The van der Waals surface area contributed by atoms with Gasteiger partial charge in [-0.25, -0.2) is 9.67 Å². The number of hydrogen-bond donors (Lipinski definition) is 0. The molecule has 1 saturated carbocycles. The molecule has 0 radical (unpaired) electrons. The molecule has 0 bridgehead atoms. The average molecular weight is 327 g/mol. The number of aryl methyl sites for hydroxylation is 2. The molecular weight excluding hydrogens is 302 g/mol. The molecule has 3 heterocycles. The van der Waals surface area contributed by atoms with Crippen LogP contribution >= 0.6 is 0 Å². The van der Waals surface area contributed by atoms with E-state index in [1.165, 1.54) is 0 Å². The molecule has 2 fully saturated rings. The van der Waals surface area contributed by atoms with Crippen molar-refractivity contribution in [1.29, 1.82) is 0 Å². The van der Waals surface area contributed by atoms with Crippen LogP contribution in [0.25, 0.3) is 5.82 Å². The van der Waals surface area contributed by atoms with Gasteiger partial charge in [0.05, 0.1) is 24.2 Å². The third kappa shape index (κ3) is 2.16. The number of hydrogen-bond acceptors (Lipinski definition) is 5. The minimum absolute atomic E-state index is 0.131. The summed E-state index contributed by atoms with van der Waals surface area (Å²) in [7, 11) is 2.12. The zero-order valence-electron chi connectivity index (χ0n) is 15.0. The summed E-state index contributed by atoms with van der Waals surface area (Å²) in [4.78, 5) is 11.5. The number of ether oxygens (including phenoxy) is 1. The van der Waals surface area contributed by atoms with Crippen LogP contribution in [-0.2, 0) is 4.74 Å². The second kappa shape index (κ2) is 5.28. The Bertz CT molecular complexity index is 769. The van der Waals surface area contributed by atoms with Gasteiger partial charge in [0.1, 0.15) is 5.82 Å². The van der Waals surface area contributed by atoms with Gasteiger partial charge in [-0.15, -0.1) is 0 Å². The van der Waals surface area contributed by atoms with Crippen molar-refractivity contribution in [2.75, 3.05) is 18.6 Å². The van der Waals surface area contributed by atoms with Crippen LogP contribution < -0.4 is 4.90 Å². The van der Waals surface area contributed by atoms with E-state index in [2.05, 4.69) is 35.9 Å². The second-order valence-corrected chi connectivity index (χ2v) is 7.70. The third-order valence-corrected chi connectivity index (χ3v) is 5.65. The molecule has 3 atom stereocenters. The Hall–Kier alpha value is -1.95. The predicted octanol–water partition coefficient (Wildman–Crippen LogP) is 2.53. The lowest BCUT2D eigenvalue weighted by atomic mass is 9.57. The van der Waals surface area contributed by atoms with Gasteiger partial charge < -0.3 is 9.64 Å². The first-order valence-electron chi connectivity index (χ1n) is 8.59. The summed E-state index contributed by atoms with van der Waals surface area (Å²) >= 11 is 0. The van der Waals surface area contributed by atoms with E-state index < -0.39 is 0 Å². The van der Waals surface area contributed by atoms with Gasteiger partial charge in [0.15, 0.2) is 5.82 Å². The van der Waals surface area contributed by atoms with Crippen molar-refractivity contribution in [1.82, 2.24) is 19.7 Å². The first kappa shape index (κ1) is 15.6. The molecule has 1 aliphatic carbocycles. The fourth-order valence-corrected chi connectivity index (χ4v) is 4.70. The maximum atomic E-state index is 5.92. The first-order chi connectivity index (χ1) is 11.4. The van der Waals surface area contributed by atoms with Gasteiger partial charge in [-0.1, -0.05) is 13.8 Å². The van der Waals surface area contributed by atoms with Gasteiger partial charge >= 0.3 is 0 Å². The van der Waals surface area contributed by atoms with Crippen LogP contribution in [0.4, 0.5) is 5.82 Å². The van der Waals surface area contributed by atoms with E-state index in [1.807, 2.05) is 30.8 Å². The molecule has 3 unspecified atom stereocenters. The lowest BCUT2D eigenvalue weighted by Gasteiger charge is -2.58. The van der Waals surface area contributed by atoms with Crippen molar-refractivity contribution in [2.45, 2.75) is 46.3 Å². The van der Waals surface area contributed by atoms with Crippen molar-refractivity contribution in [2.24, 2.45) is 11.3 Å². The Kier molecular flexibility index (Phi) is 3.42. The topological polar surface area (TPSA) is 56.1 Å². The number of aromatic nitrogens is 4. The van der Waals surface area contributed by atoms with Crippen molar-refractivity contribution in [3.05, 3.63) is 29.8 Å². The number of anilines is 1. The Labute approximate surface area is 142 Å². The van der Waals surface area contributed by atoms with Gasteiger partial charge in [-0.3, -0.25) is 4.98 Å². The van der Waals surface area contributed by atoms with Crippen LogP contribution in [0.5, 0.6) is 0 Å². The quantitative estimate of drug-likeness (QED) is 0.867. The normalized spacial score (nSPS) is 27.6. The average Bonchev–Trinajstić information content (AvgIpc) is 3.12. The molecule has 6 heteroatoms. The standard InChI is InChI=1S/C18H25N5O/c1-11-8-12(2)23(21-11)15-10-19-9-14(20-15)22(5)16-13-6-7-24-17(13)18(16,3)4/h8-10,13,16-17H,6-7H2,1-5H3. The first-order valence-corrected chi connectivity index (χ1v) is 8.59. The number of rotatable bonds is 3. The Morgan fingerprint density at radius 2 is 2.08 bits per heavy atom. The van der Waals surface area contributed by atoms with E-state index in [4.69, 9.17) is 9.72 Å². The molecule has 0 spiro atoms. The summed E-state index contributed by atoms with van der Waals surface area (Å²) in [5.41, 5.74) is 2.18. The molecule has 2 aromatic rings.